The number of aromatic nitrogens is 3. The SMILES string of the molecule is C=Cc1cc(-c2nn(C(=O)c3ccco3)c(NCc3ccc(Cl)s3)c2F)n(C)c(=O)c1. The highest BCUT2D eigenvalue weighted by Crippen LogP contribution is 2.29. The predicted molar refractivity (Wildman–Crippen MR) is 118 cm³/mol. The highest BCUT2D eigenvalue weighted by atomic mass is 35.5. The summed E-state index contributed by atoms with van der Waals surface area (Å²) in [6, 6.07) is 9.48. The maximum Gasteiger partial charge on any atom is 0.315 e. The van der Waals surface area contributed by atoms with Gasteiger partial charge in [-0.1, -0.05) is 24.3 Å². The highest BCUT2D eigenvalue weighted by Gasteiger charge is 2.26. The molecule has 0 saturated heterocycles. The molecule has 0 aliphatic carbocycles. The monoisotopic (exact) mass is 458 g/mol. The number of anilines is 1. The van der Waals surface area contributed by atoms with E-state index >= 15 is 4.39 Å². The molecule has 0 aromatic carbocycles. The number of nitrogens with zero attached hydrogens (tertiary/aromatic N) is 3. The van der Waals surface area contributed by atoms with Crippen LogP contribution < -0.4 is 10.9 Å². The van der Waals surface area contributed by atoms with Gasteiger partial charge in [-0.3, -0.25) is 9.59 Å². The molecule has 158 valence electrons. The first-order valence-electron chi connectivity index (χ1n) is 9.07. The maximum absolute atomic E-state index is 15.5. The summed E-state index contributed by atoms with van der Waals surface area (Å²) < 4.78 is 23.4. The number of nitrogens with one attached hydrogen (secondary N) is 1. The molecular formula is C21H16ClFN4O3S. The van der Waals surface area contributed by atoms with Gasteiger partial charge in [-0.2, -0.15) is 9.78 Å². The fraction of sp³-hybridized carbons (Fsp3) is 0.0952. The Balaban J connectivity index is 1.84. The zero-order valence-corrected chi connectivity index (χ0v) is 17.8. The van der Waals surface area contributed by atoms with Crippen LogP contribution in [0.5, 0.6) is 0 Å². The fourth-order valence-corrected chi connectivity index (χ4v) is 4.01. The number of carbonyl (C=O) groups is 1. The molecule has 0 atom stereocenters. The normalized spacial score (nSPS) is 10.9. The molecule has 0 radical (unpaired) electrons. The van der Waals surface area contributed by atoms with Crippen LogP contribution in [0.15, 0.2) is 58.5 Å². The standard InChI is InChI=1S/C21H16ClFN4O3S/c1-3-12-9-14(26(2)17(28)10-12)19-18(23)20(24-11-13-6-7-16(22)31-13)27(25-19)21(29)15-5-4-8-30-15/h3-10,24H,1,11H2,2H3. The smallest absolute Gasteiger partial charge is 0.315 e. The van der Waals surface area contributed by atoms with E-state index in [4.69, 9.17) is 16.0 Å². The lowest BCUT2D eigenvalue weighted by Gasteiger charge is -2.07. The number of halogens is 2. The number of hydrogen-bond acceptors (Lipinski definition) is 6. The van der Waals surface area contributed by atoms with Crippen LogP contribution in [-0.4, -0.2) is 20.3 Å². The van der Waals surface area contributed by atoms with E-state index in [-0.39, 0.29) is 35.1 Å². The Labute approximate surface area is 185 Å². The van der Waals surface area contributed by atoms with Crippen LogP contribution in [0.1, 0.15) is 21.0 Å². The molecule has 31 heavy (non-hydrogen) atoms. The third-order valence-corrected chi connectivity index (χ3v) is 5.81. The lowest BCUT2D eigenvalue weighted by molar-refractivity contribution is 0.0919. The minimum absolute atomic E-state index is 0.00926. The molecule has 0 unspecified atom stereocenters. The van der Waals surface area contributed by atoms with E-state index in [2.05, 4.69) is 17.0 Å². The molecule has 1 N–H and O–H groups in total. The van der Waals surface area contributed by atoms with E-state index in [0.717, 1.165) is 9.56 Å². The van der Waals surface area contributed by atoms with E-state index in [1.54, 1.807) is 24.3 Å². The predicted octanol–water partition coefficient (Wildman–Crippen LogP) is 4.64. The Hall–Kier alpha value is -3.43. The highest BCUT2D eigenvalue weighted by molar-refractivity contribution is 7.16. The van der Waals surface area contributed by atoms with Gasteiger partial charge in [-0.25, -0.2) is 4.39 Å². The summed E-state index contributed by atoms with van der Waals surface area (Å²) in [5, 5.41) is 7.10. The van der Waals surface area contributed by atoms with Crippen molar-refractivity contribution in [2.75, 3.05) is 5.32 Å². The summed E-state index contributed by atoms with van der Waals surface area (Å²) in [4.78, 5) is 26.0. The van der Waals surface area contributed by atoms with Crippen molar-refractivity contribution >= 4 is 40.7 Å². The van der Waals surface area contributed by atoms with E-state index in [1.807, 2.05) is 0 Å². The molecule has 7 nitrogen and oxygen atoms in total. The number of pyridine rings is 1. The number of hydrogen-bond donors (Lipinski definition) is 1. The van der Waals surface area contributed by atoms with Crippen molar-refractivity contribution in [3.63, 3.8) is 0 Å². The molecule has 4 rings (SSSR count). The van der Waals surface area contributed by atoms with Gasteiger partial charge in [0.1, 0.15) is 5.69 Å². The van der Waals surface area contributed by atoms with Gasteiger partial charge < -0.3 is 14.3 Å². The Morgan fingerprint density at radius 2 is 2.19 bits per heavy atom. The Morgan fingerprint density at radius 1 is 1.39 bits per heavy atom. The Bertz CT molecular complexity index is 1340. The molecule has 0 spiro atoms. The molecule has 4 aromatic rings. The van der Waals surface area contributed by atoms with Crippen molar-refractivity contribution < 1.29 is 13.6 Å². The number of rotatable bonds is 6. The number of carbonyl (C=O) groups excluding carboxylic acids is 1. The Morgan fingerprint density at radius 3 is 2.84 bits per heavy atom. The lowest BCUT2D eigenvalue weighted by Crippen LogP contribution is -2.18. The second-order valence-corrected chi connectivity index (χ2v) is 8.34. The van der Waals surface area contributed by atoms with Gasteiger partial charge >= 0.3 is 5.91 Å². The second-order valence-electron chi connectivity index (χ2n) is 6.54. The molecule has 4 aromatic heterocycles. The van der Waals surface area contributed by atoms with Crippen LogP contribution >= 0.6 is 22.9 Å². The van der Waals surface area contributed by atoms with Crippen LogP contribution in [0.3, 0.4) is 0 Å². The van der Waals surface area contributed by atoms with E-state index in [9.17, 15) is 9.59 Å². The van der Waals surface area contributed by atoms with Crippen LogP contribution in [0, 0.1) is 5.82 Å². The molecule has 0 amide bonds. The molecule has 0 saturated carbocycles. The van der Waals surface area contributed by atoms with Crippen molar-refractivity contribution in [1.29, 1.82) is 0 Å². The third-order valence-electron chi connectivity index (χ3n) is 4.57. The average molecular weight is 459 g/mol. The van der Waals surface area contributed by atoms with Crippen LogP contribution in [-0.2, 0) is 13.6 Å². The van der Waals surface area contributed by atoms with Gasteiger partial charge in [-0.05, 0) is 35.9 Å². The quantitative estimate of drug-likeness (QED) is 0.455. The van der Waals surface area contributed by atoms with E-state index in [1.165, 1.54) is 47.4 Å². The third kappa shape index (κ3) is 3.97. The van der Waals surface area contributed by atoms with Crippen molar-refractivity contribution in [3.05, 3.63) is 85.9 Å². The van der Waals surface area contributed by atoms with Gasteiger partial charge in [0, 0.05) is 18.0 Å². The van der Waals surface area contributed by atoms with Gasteiger partial charge in [0.2, 0.25) is 0 Å². The molecule has 10 heteroatoms. The van der Waals surface area contributed by atoms with E-state index < -0.39 is 11.7 Å². The first kappa shape index (κ1) is 20.8. The summed E-state index contributed by atoms with van der Waals surface area (Å²) in [6.45, 7) is 3.87. The minimum atomic E-state index is -0.779. The molecule has 0 aliphatic rings. The van der Waals surface area contributed by atoms with Gasteiger partial charge in [0.15, 0.2) is 17.4 Å². The first-order valence-corrected chi connectivity index (χ1v) is 10.3. The molecule has 4 heterocycles. The van der Waals surface area contributed by atoms with Crippen LogP contribution in [0.4, 0.5) is 10.2 Å². The van der Waals surface area contributed by atoms with Gasteiger partial charge in [0.25, 0.3) is 5.56 Å². The van der Waals surface area contributed by atoms with Crippen molar-refractivity contribution in [2.24, 2.45) is 7.05 Å². The largest absolute Gasteiger partial charge is 0.459 e. The van der Waals surface area contributed by atoms with Crippen molar-refractivity contribution in [1.82, 2.24) is 14.3 Å². The first-order chi connectivity index (χ1) is 14.9. The molecule has 0 bridgehead atoms. The second kappa shape index (κ2) is 8.37. The van der Waals surface area contributed by atoms with Gasteiger partial charge in [-0.15, -0.1) is 11.3 Å². The van der Waals surface area contributed by atoms with Gasteiger partial charge in [0.05, 0.1) is 22.8 Å². The topological polar surface area (TPSA) is 82.1 Å². The summed E-state index contributed by atoms with van der Waals surface area (Å²) in [5.41, 5.74) is 0.191. The number of thiophene rings is 1. The lowest BCUT2D eigenvalue weighted by atomic mass is 10.2. The zero-order chi connectivity index (χ0) is 22.1. The summed E-state index contributed by atoms with van der Waals surface area (Å²) >= 11 is 7.29. The summed E-state index contributed by atoms with van der Waals surface area (Å²) in [7, 11) is 1.50. The molecule has 0 fully saturated rings. The van der Waals surface area contributed by atoms with Crippen molar-refractivity contribution in [2.45, 2.75) is 6.54 Å². The average Bonchev–Trinajstić information content (AvgIpc) is 3.49. The number of furan rings is 1. The Kier molecular flexibility index (Phi) is 5.62. The fourth-order valence-electron chi connectivity index (χ4n) is 2.98. The maximum atomic E-state index is 15.5. The minimum Gasteiger partial charge on any atom is -0.459 e. The molecule has 0 aliphatic heterocycles. The summed E-state index contributed by atoms with van der Waals surface area (Å²) in [5.74, 6) is -1.60. The molecular weight excluding hydrogens is 443 g/mol. The van der Waals surface area contributed by atoms with Crippen LogP contribution in [0.25, 0.3) is 17.5 Å². The zero-order valence-electron chi connectivity index (χ0n) is 16.3. The van der Waals surface area contributed by atoms with E-state index in [0.29, 0.717) is 9.90 Å². The van der Waals surface area contributed by atoms with Crippen LogP contribution in [0.2, 0.25) is 4.34 Å². The van der Waals surface area contributed by atoms with Crippen molar-refractivity contribution in [3.8, 4) is 11.4 Å². The summed E-state index contributed by atoms with van der Waals surface area (Å²) in [6.07, 6.45) is 2.82.